The minimum atomic E-state index is -1.03. The molecule has 0 aliphatic carbocycles. The standard InChI is InChI=1S/C21H24N2O5S/c1-23(2)21(27)20(15-7-4-3-5-8-15)28-19(26)12-13-22-18(25)11-10-16(24)17-9-6-14-29-17/h3-9,14,20H,10-13H2,1-2H3,(H,22,25)/t20-/m1/s1. The molecule has 29 heavy (non-hydrogen) atoms. The fraction of sp³-hybridized carbons (Fsp3) is 0.333. The molecule has 1 N–H and O–H groups in total. The van der Waals surface area contributed by atoms with Gasteiger partial charge in [-0.15, -0.1) is 11.3 Å². The van der Waals surface area contributed by atoms with E-state index in [9.17, 15) is 19.2 Å². The van der Waals surface area contributed by atoms with Crippen molar-refractivity contribution < 1.29 is 23.9 Å². The molecule has 2 aromatic rings. The third-order valence-corrected chi connectivity index (χ3v) is 4.95. The normalized spacial score (nSPS) is 11.4. The number of carbonyl (C=O) groups is 4. The lowest BCUT2D eigenvalue weighted by Gasteiger charge is -2.21. The van der Waals surface area contributed by atoms with Gasteiger partial charge in [-0.1, -0.05) is 36.4 Å². The molecule has 1 atom stereocenters. The number of rotatable bonds is 10. The first-order chi connectivity index (χ1) is 13.9. The molecule has 154 valence electrons. The second-order valence-electron chi connectivity index (χ2n) is 6.51. The number of benzene rings is 1. The zero-order chi connectivity index (χ0) is 21.2. The van der Waals surface area contributed by atoms with Crippen LogP contribution in [0.3, 0.4) is 0 Å². The Morgan fingerprint density at radius 1 is 1.00 bits per heavy atom. The van der Waals surface area contributed by atoms with Gasteiger partial charge < -0.3 is 15.0 Å². The van der Waals surface area contributed by atoms with Gasteiger partial charge in [0.2, 0.25) is 12.0 Å². The molecule has 0 unspecified atom stereocenters. The van der Waals surface area contributed by atoms with E-state index in [1.807, 2.05) is 5.38 Å². The van der Waals surface area contributed by atoms with Crippen molar-refractivity contribution in [3.63, 3.8) is 0 Å². The third-order valence-electron chi connectivity index (χ3n) is 4.04. The lowest BCUT2D eigenvalue weighted by molar-refractivity contribution is -0.159. The Kier molecular flexibility index (Phi) is 8.54. The topological polar surface area (TPSA) is 92.8 Å². The zero-order valence-corrected chi connectivity index (χ0v) is 17.2. The van der Waals surface area contributed by atoms with Crippen LogP contribution in [-0.4, -0.2) is 49.1 Å². The Labute approximate surface area is 173 Å². The molecule has 7 nitrogen and oxygen atoms in total. The summed E-state index contributed by atoms with van der Waals surface area (Å²) in [5, 5.41) is 4.40. The molecule has 2 amide bonds. The van der Waals surface area contributed by atoms with Gasteiger partial charge in [-0.2, -0.15) is 0 Å². The Hall–Kier alpha value is -3.00. The van der Waals surface area contributed by atoms with E-state index in [2.05, 4.69) is 5.32 Å². The Morgan fingerprint density at radius 3 is 2.34 bits per heavy atom. The highest BCUT2D eigenvalue weighted by atomic mass is 32.1. The maximum absolute atomic E-state index is 12.4. The number of Topliss-reactive ketones (excluding diaryl/α,β-unsaturated/α-hetero) is 1. The van der Waals surface area contributed by atoms with Crippen LogP contribution in [0, 0.1) is 0 Å². The smallest absolute Gasteiger partial charge is 0.308 e. The summed E-state index contributed by atoms with van der Waals surface area (Å²) in [4.78, 5) is 50.3. The second kappa shape index (κ2) is 11.1. The highest BCUT2D eigenvalue weighted by Crippen LogP contribution is 2.20. The molecule has 8 heteroatoms. The van der Waals surface area contributed by atoms with E-state index in [4.69, 9.17) is 4.74 Å². The molecule has 2 rings (SSSR count). The molecule has 0 fully saturated rings. The van der Waals surface area contributed by atoms with Gasteiger partial charge >= 0.3 is 5.97 Å². The summed E-state index contributed by atoms with van der Waals surface area (Å²) in [7, 11) is 3.17. The zero-order valence-electron chi connectivity index (χ0n) is 16.4. The monoisotopic (exact) mass is 416 g/mol. The SMILES string of the molecule is CN(C)C(=O)[C@H](OC(=O)CCNC(=O)CCC(=O)c1cccs1)c1ccccc1. The molecule has 0 radical (unpaired) electrons. The molecule has 1 heterocycles. The van der Waals surface area contributed by atoms with Crippen molar-refractivity contribution in [3.8, 4) is 0 Å². The van der Waals surface area contributed by atoms with Crippen LogP contribution in [0.1, 0.15) is 40.6 Å². The van der Waals surface area contributed by atoms with Crippen molar-refractivity contribution in [3.05, 3.63) is 58.3 Å². The van der Waals surface area contributed by atoms with E-state index in [1.54, 1.807) is 56.6 Å². The number of thiophene rings is 1. The predicted molar refractivity (Wildman–Crippen MR) is 109 cm³/mol. The minimum Gasteiger partial charge on any atom is -0.447 e. The van der Waals surface area contributed by atoms with Crippen LogP contribution in [0.4, 0.5) is 0 Å². The summed E-state index contributed by atoms with van der Waals surface area (Å²) in [6.45, 7) is 0.0719. The summed E-state index contributed by atoms with van der Waals surface area (Å²) < 4.78 is 5.35. The van der Waals surface area contributed by atoms with E-state index in [1.165, 1.54) is 16.2 Å². The number of ketones is 1. The fourth-order valence-electron chi connectivity index (χ4n) is 2.49. The molecule has 0 saturated heterocycles. The summed E-state index contributed by atoms with van der Waals surface area (Å²) in [6.07, 6.45) is -0.936. The molecule has 0 bridgehead atoms. The molecule has 0 saturated carbocycles. The summed E-state index contributed by atoms with van der Waals surface area (Å²) in [5.41, 5.74) is 0.579. The Bertz CT molecular complexity index is 834. The van der Waals surface area contributed by atoms with Gasteiger partial charge in [-0.25, -0.2) is 0 Å². The number of likely N-dealkylation sites (N-methyl/N-ethyl adjacent to an activating group) is 1. The van der Waals surface area contributed by atoms with Crippen molar-refractivity contribution in [2.75, 3.05) is 20.6 Å². The number of nitrogens with zero attached hydrogens (tertiary/aromatic N) is 1. The van der Waals surface area contributed by atoms with Gasteiger partial charge in [0, 0.05) is 39.0 Å². The van der Waals surface area contributed by atoms with Gasteiger partial charge in [0.15, 0.2) is 5.78 Å². The summed E-state index contributed by atoms with van der Waals surface area (Å²) in [5.74, 6) is -1.33. The Morgan fingerprint density at radius 2 is 1.72 bits per heavy atom. The maximum atomic E-state index is 12.4. The van der Waals surface area contributed by atoms with Crippen molar-refractivity contribution >= 4 is 34.9 Å². The van der Waals surface area contributed by atoms with Gasteiger partial charge in [0.25, 0.3) is 5.91 Å². The van der Waals surface area contributed by atoms with Gasteiger partial charge in [-0.3, -0.25) is 19.2 Å². The number of carbonyl (C=O) groups excluding carboxylic acids is 4. The van der Waals surface area contributed by atoms with E-state index >= 15 is 0 Å². The van der Waals surface area contributed by atoms with Crippen LogP contribution in [-0.2, 0) is 19.1 Å². The van der Waals surface area contributed by atoms with Crippen molar-refractivity contribution in [2.24, 2.45) is 0 Å². The van der Waals surface area contributed by atoms with E-state index in [0.29, 0.717) is 10.4 Å². The van der Waals surface area contributed by atoms with Crippen LogP contribution in [0.15, 0.2) is 47.8 Å². The van der Waals surface area contributed by atoms with Crippen LogP contribution < -0.4 is 5.32 Å². The van der Waals surface area contributed by atoms with Crippen molar-refractivity contribution in [2.45, 2.75) is 25.4 Å². The highest BCUT2D eigenvalue weighted by Gasteiger charge is 2.26. The van der Waals surface area contributed by atoms with E-state index < -0.39 is 12.1 Å². The van der Waals surface area contributed by atoms with Gasteiger partial charge in [0.1, 0.15) is 0 Å². The maximum Gasteiger partial charge on any atom is 0.308 e. The highest BCUT2D eigenvalue weighted by molar-refractivity contribution is 7.12. The van der Waals surface area contributed by atoms with Crippen LogP contribution in [0.2, 0.25) is 0 Å². The van der Waals surface area contributed by atoms with Crippen LogP contribution in [0.25, 0.3) is 0 Å². The molecular formula is C21H24N2O5S. The summed E-state index contributed by atoms with van der Waals surface area (Å²) >= 11 is 1.34. The lowest BCUT2D eigenvalue weighted by atomic mass is 10.1. The van der Waals surface area contributed by atoms with Gasteiger partial charge in [0.05, 0.1) is 11.3 Å². The molecule has 0 aliphatic rings. The number of esters is 1. The number of nitrogens with one attached hydrogen (secondary N) is 1. The average molecular weight is 416 g/mol. The third kappa shape index (κ3) is 7.15. The molecule has 1 aromatic heterocycles. The molecule has 0 spiro atoms. The largest absolute Gasteiger partial charge is 0.447 e. The molecular weight excluding hydrogens is 392 g/mol. The molecule has 0 aliphatic heterocycles. The number of hydrogen-bond donors (Lipinski definition) is 1. The quantitative estimate of drug-likeness (QED) is 0.475. The van der Waals surface area contributed by atoms with Crippen LogP contribution >= 0.6 is 11.3 Å². The number of amides is 2. The minimum absolute atomic E-state index is 0.0531. The second-order valence-corrected chi connectivity index (χ2v) is 7.46. The first-order valence-corrected chi connectivity index (χ1v) is 10.1. The average Bonchev–Trinajstić information content (AvgIpc) is 3.25. The predicted octanol–water partition coefficient (Wildman–Crippen LogP) is 2.59. The molecule has 1 aromatic carbocycles. The summed E-state index contributed by atoms with van der Waals surface area (Å²) in [6, 6.07) is 12.3. The first kappa shape index (κ1) is 22.3. The fourth-order valence-corrected chi connectivity index (χ4v) is 3.19. The Balaban J connectivity index is 1.77. The van der Waals surface area contributed by atoms with Crippen molar-refractivity contribution in [1.29, 1.82) is 0 Å². The van der Waals surface area contributed by atoms with Gasteiger partial charge in [-0.05, 0) is 11.4 Å². The van der Waals surface area contributed by atoms with Crippen LogP contribution in [0.5, 0.6) is 0 Å². The number of hydrogen-bond acceptors (Lipinski definition) is 6. The van der Waals surface area contributed by atoms with Crippen molar-refractivity contribution in [1.82, 2.24) is 10.2 Å². The van der Waals surface area contributed by atoms with E-state index in [0.717, 1.165) is 0 Å². The first-order valence-electron chi connectivity index (χ1n) is 9.17. The lowest BCUT2D eigenvalue weighted by Crippen LogP contribution is -2.32. The van der Waals surface area contributed by atoms with E-state index in [-0.39, 0.29) is 43.4 Å². The number of ether oxygens (including phenoxy) is 1.